The van der Waals surface area contributed by atoms with Gasteiger partial charge >= 0.3 is 5.69 Å². The summed E-state index contributed by atoms with van der Waals surface area (Å²) in [6.45, 7) is 0. The highest BCUT2D eigenvalue weighted by Gasteiger charge is 2.18. The van der Waals surface area contributed by atoms with Crippen molar-refractivity contribution < 1.29 is 14.1 Å². The third-order valence-corrected chi connectivity index (χ3v) is 2.63. The minimum atomic E-state index is -0.659. The van der Waals surface area contributed by atoms with Crippen LogP contribution in [0.25, 0.3) is 11.1 Å². The lowest BCUT2D eigenvalue weighted by molar-refractivity contribution is -0.384. The monoisotopic (exact) mass is 263 g/mol. The van der Waals surface area contributed by atoms with Crippen molar-refractivity contribution in [1.82, 2.24) is 4.98 Å². The first kappa shape index (κ1) is 12.7. The summed E-state index contributed by atoms with van der Waals surface area (Å²) in [6.07, 6.45) is 2.31. The van der Waals surface area contributed by atoms with Crippen molar-refractivity contribution >= 4 is 11.4 Å². The van der Waals surface area contributed by atoms with E-state index in [-0.39, 0.29) is 22.5 Å². The first-order valence-electron chi connectivity index (χ1n) is 5.26. The van der Waals surface area contributed by atoms with Crippen molar-refractivity contribution in [2.45, 2.75) is 0 Å². The molecule has 0 saturated carbocycles. The highest BCUT2D eigenvalue weighted by atomic mass is 19.1. The average Bonchev–Trinajstić information content (AvgIpc) is 2.39. The summed E-state index contributed by atoms with van der Waals surface area (Å²) in [5.41, 5.74) is 5.51. The third-order valence-electron chi connectivity index (χ3n) is 2.63. The normalized spacial score (nSPS) is 10.2. The maximum absolute atomic E-state index is 13.9. The molecule has 0 radical (unpaired) electrons. The molecule has 0 spiro atoms. The van der Waals surface area contributed by atoms with Crippen molar-refractivity contribution in [3.8, 4) is 16.9 Å². The topological polar surface area (TPSA) is 91.3 Å². The molecule has 2 aromatic rings. The summed E-state index contributed by atoms with van der Waals surface area (Å²) in [5, 5.41) is 10.8. The Hall–Kier alpha value is -2.70. The van der Waals surface area contributed by atoms with Crippen LogP contribution in [-0.4, -0.2) is 17.0 Å². The van der Waals surface area contributed by atoms with E-state index in [0.29, 0.717) is 5.75 Å². The quantitative estimate of drug-likeness (QED) is 0.678. The van der Waals surface area contributed by atoms with E-state index in [1.54, 1.807) is 0 Å². The van der Waals surface area contributed by atoms with Gasteiger partial charge in [0.15, 0.2) is 0 Å². The summed E-state index contributed by atoms with van der Waals surface area (Å²) in [5.74, 6) is -0.244. The number of nitro groups is 1. The lowest BCUT2D eigenvalue weighted by atomic mass is 10.0. The molecule has 7 heteroatoms. The second-order valence-corrected chi connectivity index (χ2v) is 3.72. The average molecular weight is 263 g/mol. The fourth-order valence-electron chi connectivity index (χ4n) is 1.66. The van der Waals surface area contributed by atoms with Gasteiger partial charge in [0.25, 0.3) is 0 Å². The molecule has 0 aliphatic carbocycles. The number of aromatic nitrogens is 1. The number of ether oxygens (including phenoxy) is 1. The number of benzene rings is 1. The Morgan fingerprint density at radius 2 is 2.11 bits per heavy atom. The van der Waals surface area contributed by atoms with E-state index in [0.717, 1.165) is 6.20 Å². The minimum absolute atomic E-state index is 0.121. The van der Waals surface area contributed by atoms with Crippen LogP contribution in [-0.2, 0) is 0 Å². The Balaban J connectivity index is 2.59. The van der Waals surface area contributed by atoms with Gasteiger partial charge in [-0.25, -0.2) is 4.39 Å². The van der Waals surface area contributed by atoms with Crippen LogP contribution in [0.2, 0.25) is 0 Å². The molecule has 2 N–H and O–H groups in total. The minimum Gasteiger partial charge on any atom is -0.497 e. The molecule has 2 rings (SSSR count). The summed E-state index contributed by atoms with van der Waals surface area (Å²) >= 11 is 0. The lowest BCUT2D eigenvalue weighted by Gasteiger charge is -2.08. The van der Waals surface area contributed by atoms with Gasteiger partial charge in [0, 0.05) is 23.4 Å². The molecular formula is C12H10FN3O3. The van der Waals surface area contributed by atoms with Crippen LogP contribution in [0.15, 0.2) is 30.6 Å². The van der Waals surface area contributed by atoms with Gasteiger partial charge in [-0.05, 0) is 12.1 Å². The lowest BCUT2D eigenvalue weighted by Crippen LogP contribution is -2.00. The Morgan fingerprint density at radius 3 is 2.68 bits per heavy atom. The van der Waals surface area contributed by atoms with Crippen LogP contribution in [0.4, 0.5) is 15.8 Å². The smallest absolute Gasteiger partial charge is 0.310 e. The number of nitrogen functional groups attached to an aromatic ring is 1. The summed E-state index contributed by atoms with van der Waals surface area (Å²) in [7, 11) is 1.41. The summed E-state index contributed by atoms with van der Waals surface area (Å²) < 4.78 is 18.8. The van der Waals surface area contributed by atoms with E-state index in [4.69, 9.17) is 10.5 Å². The number of hydrogen-bond acceptors (Lipinski definition) is 5. The van der Waals surface area contributed by atoms with Gasteiger partial charge in [-0.2, -0.15) is 0 Å². The first-order valence-corrected chi connectivity index (χ1v) is 5.26. The Bertz CT molecular complexity index is 646. The number of methoxy groups -OCH3 is 1. The second kappa shape index (κ2) is 4.89. The van der Waals surface area contributed by atoms with Gasteiger partial charge in [0.2, 0.25) is 0 Å². The SMILES string of the molecule is COc1ccc(-c2cncc([N+](=O)[O-])c2N)c(F)c1. The van der Waals surface area contributed by atoms with E-state index in [2.05, 4.69) is 4.98 Å². The van der Waals surface area contributed by atoms with E-state index in [1.807, 2.05) is 0 Å². The fourth-order valence-corrected chi connectivity index (χ4v) is 1.66. The molecule has 98 valence electrons. The number of hydrogen-bond donors (Lipinski definition) is 1. The van der Waals surface area contributed by atoms with Crippen molar-refractivity contribution in [3.05, 3.63) is 46.5 Å². The molecule has 1 aromatic heterocycles. The molecule has 6 nitrogen and oxygen atoms in total. The number of pyridine rings is 1. The molecule has 1 heterocycles. The predicted octanol–water partition coefficient (Wildman–Crippen LogP) is 2.39. The van der Waals surface area contributed by atoms with Gasteiger partial charge in [0.05, 0.1) is 12.0 Å². The molecule has 0 fully saturated rings. The van der Waals surface area contributed by atoms with Crippen LogP contribution in [0, 0.1) is 15.9 Å². The van der Waals surface area contributed by atoms with E-state index in [1.165, 1.54) is 31.5 Å². The summed E-state index contributed by atoms with van der Waals surface area (Å²) in [6, 6.07) is 4.15. The van der Waals surface area contributed by atoms with E-state index < -0.39 is 10.7 Å². The highest BCUT2D eigenvalue weighted by Crippen LogP contribution is 2.34. The molecular weight excluding hydrogens is 253 g/mol. The highest BCUT2D eigenvalue weighted by molar-refractivity contribution is 5.81. The van der Waals surface area contributed by atoms with Crippen LogP contribution < -0.4 is 10.5 Å². The van der Waals surface area contributed by atoms with E-state index >= 15 is 0 Å². The number of halogens is 1. The zero-order valence-corrected chi connectivity index (χ0v) is 9.96. The van der Waals surface area contributed by atoms with Gasteiger partial charge in [-0.15, -0.1) is 0 Å². The van der Waals surface area contributed by atoms with Crippen molar-refractivity contribution in [3.63, 3.8) is 0 Å². The molecule has 19 heavy (non-hydrogen) atoms. The number of nitrogens with two attached hydrogens (primary N) is 1. The molecule has 0 saturated heterocycles. The third kappa shape index (κ3) is 2.30. The molecule has 0 atom stereocenters. The molecule has 0 aliphatic rings. The molecule has 1 aromatic carbocycles. The molecule has 0 aliphatic heterocycles. The fraction of sp³-hybridized carbons (Fsp3) is 0.0833. The summed E-state index contributed by atoms with van der Waals surface area (Å²) in [4.78, 5) is 13.8. The second-order valence-electron chi connectivity index (χ2n) is 3.72. The Morgan fingerprint density at radius 1 is 1.37 bits per heavy atom. The predicted molar refractivity (Wildman–Crippen MR) is 67.2 cm³/mol. The Labute approximate surface area is 107 Å². The Kier molecular flexibility index (Phi) is 3.28. The van der Waals surface area contributed by atoms with Gasteiger partial charge in [0.1, 0.15) is 23.5 Å². The van der Waals surface area contributed by atoms with Crippen LogP contribution in [0.3, 0.4) is 0 Å². The standard InChI is InChI=1S/C12H10FN3O3/c1-19-7-2-3-8(10(13)4-7)9-5-15-6-11(12(9)14)16(17)18/h2-6H,1H3,(H2,14,15). The van der Waals surface area contributed by atoms with Crippen molar-refractivity contribution in [2.24, 2.45) is 0 Å². The van der Waals surface area contributed by atoms with Gasteiger partial charge in [-0.1, -0.05) is 0 Å². The zero-order chi connectivity index (χ0) is 14.0. The van der Waals surface area contributed by atoms with Crippen molar-refractivity contribution in [1.29, 1.82) is 0 Å². The maximum Gasteiger partial charge on any atom is 0.310 e. The van der Waals surface area contributed by atoms with Gasteiger partial charge < -0.3 is 10.5 Å². The van der Waals surface area contributed by atoms with E-state index in [9.17, 15) is 14.5 Å². The zero-order valence-electron chi connectivity index (χ0n) is 9.96. The maximum atomic E-state index is 13.9. The number of rotatable bonds is 3. The molecule has 0 unspecified atom stereocenters. The van der Waals surface area contributed by atoms with Crippen LogP contribution in [0.5, 0.6) is 5.75 Å². The molecule has 0 amide bonds. The molecule has 0 bridgehead atoms. The first-order chi connectivity index (χ1) is 9.04. The number of anilines is 1. The van der Waals surface area contributed by atoms with Gasteiger partial charge in [-0.3, -0.25) is 15.1 Å². The largest absolute Gasteiger partial charge is 0.497 e. The number of nitrogens with zero attached hydrogens (tertiary/aromatic N) is 2. The van der Waals surface area contributed by atoms with Crippen LogP contribution >= 0.6 is 0 Å². The van der Waals surface area contributed by atoms with Crippen LogP contribution in [0.1, 0.15) is 0 Å². The van der Waals surface area contributed by atoms with Crippen molar-refractivity contribution in [2.75, 3.05) is 12.8 Å².